The van der Waals surface area contributed by atoms with Crippen LogP contribution in [0.5, 0.6) is 0 Å². The van der Waals surface area contributed by atoms with E-state index in [0.29, 0.717) is 6.61 Å². The van der Waals surface area contributed by atoms with Crippen LogP contribution in [0.25, 0.3) is 0 Å². The zero-order valence-corrected chi connectivity index (χ0v) is 14.2. The molecule has 0 radical (unpaired) electrons. The largest absolute Gasteiger partial charge is 0.366 e. The monoisotopic (exact) mass is 340 g/mol. The number of aliphatic hydroxyl groups is 1. The molecule has 5 unspecified atom stereocenters. The SMILES string of the molecule is OC1OC(C2COC3(CCCCC3)O2)C2OC3(CCCCC3)OC12. The maximum Gasteiger partial charge on any atom is 0.184 e. The third-order valence-corrected chi connectivity index (χ3v) is 6.40. The van der Waals surface area contributed by atoms with Gasteiger partial charge in [-0.25, -0.2) is 0 Å². The van der Waals surface area contributed by atoms with E-state index in [4.69, 9.17) is 23.7 Å². The van der Waals surface area contributed by atoms with Crippen molar-refractivity contribution >= 4 is 0 Å². The molecule has 5 aliphatic rings. The molecule has 3 aliphatic heterocycles. The van der Waals surface area contributed by atoms with Gasteiger partial charge < -0.3 is 28.8 Å². The molecule has 0 bridgehead atoms. The van der Waals surface area contributed by atoms with Crippen LogP contribution >= 0.6 is 0 Å². The first kappa shape index (κ1) is 16.0. The van der Waals surface area contributed by atoms with E-state index < -0.39 is 24.0 Å². The maximum absolute atomic E-state index is 10.3. The predicted molar refractivity (Wildman–Crippen MR) is 83.1 cm³/mol. The standard InChI is InChI=1S/C18H28O6/c19-16-15-14(23-18(24-15)9-5-2-6-10-18)13(21-16)12-11-20-17(22-12)7-3-1-4-8-17/h12-16,19H,1-11H2. The number of hydrogen-bond acceptors (Lipinski definition) is 6. The van der Waals surface area contributed by atoms with Crippen molar-refractivity contribution in [2.45, 2.75) is 106 Å². The lowest BCUT2D eigenvalue weighted by Gasteiger charge is -2.35. The summed E-state index contributed by atoms with van der Waals surface area (Å²) in [5.74, 6) is -0.949. The Bertz CT molecular complexity index is 470. The zero-order chi connectivity index (χ0) is 16.2. The molecule has 2 saturated carbocycles. The molecule has 6 nitrogen and oxygen atoms in total. The molecule has 2 aliphatic carbocycles. The second-order valence-electron chi connectivity index (χ2n) is 8.07. The van der Waals surface area contributed by atoms with Gasteiger partial charge in [0.05, 0.1) is 6.61 Å². The van der Waals surface area contributed by atoms with Gasteiger partial charge in [-0.15, -0.1) is 0 Å². The Morgan fingerprint density at radius 1 is 0.667 bits per heavy atom. The Kier molecular flexibility index (Phi) is 3.92. The first-order valence-electron chi connectivity index (χ1n) is 9.70. The van der Waals surface area contributed by atoms with Crippen LogP contribution in [0.1, 0.15) is 64.2 Å². The fourth-order valence-electron chi connectivity index (χ4n) is 5.17. The minimum atomic E-state index is -0.937. The van der Waals surface area contributed by atoms with E-state index in [1.807, 2.05) is 0 Å². The van der Waals surface area contributed by atoms with Crippen molar-refractivity contribution in [3.05, 3.63) is 0 Å². The second kappa shape index (κ2) is 5.89. The summed E-state index contributed by atoms with van der Waals surface area (Å²) >= 11 is 0. The Morgan fingerprint density at radius 3 is 2.00 bits per heavy atom. The summed E-state index contributed by atoms with van der Waals surface area (Å²) in [4.78, 5) is 0. The molecule has 5 rings (SSSR count). The molecule has 2 spiro atoms. The van der Waals surface area contributed by atoms with Crippen molar-refractivity contribution in [1.29, 1.82) is 0 Å². The molecular formula is C18H28O6. The lowest BCUT2D eigenvalue weighted by Crippen LogP contribution is -2.43. The Morgan fingerprint density at radius 2 is 1.29 bits per heavy atom. The molecule has 1 N–H and O–H groups in total. The molecular weight excluding hydrogens is 312 g/mol. The van der Waals surface area contributed by atoms with Crippen LogP contribution in [0.15, 0.2) is 0 Å². The third-order valence-electron chi connectivity index (χ3n) is 6.40. The first-order chi connectivity index (χ1) is 11.7. The number of fused-ring (bicyclic) bond motifs is 1. The minimum absolute atomic E-state index is 0.185. The highest BCUT2D eigenvalue weighted by Gasteiger charge is 2.61. The van der Waals surface area contributed by atoms with Crippen LogP contribution in [0.3, 0.4) is 0 Å². The highest BCUT2D eigenvalue weighted by molar-refractivity contribution is 5.01. The number of aliphatic hydroxyl groups excluding tert-OH is 1. The van der Waals surface area contributed by atoms with Crippen molar-refractivity contribution < 1.29 is 28.8 Å². The topological polar surface area (TPSA) is 66.4 Å². The Balaban J connectivity index is 1.30. The Labute approximate surface area is 142 Å². The number of ether oxygens (including phenoxy) is 5. The van der Waals surface area contributed by atoms with E-state index in [0.717, 1.165) is 51.4 Å². The third kappa shape index (κ3) is 2.54. The summed E-state index contributed by atoms with van der Waals surface area (Å²) in [5.41, 5.74) is 0. The van der Waals surface area contributed by atoms with Gasteiger partial charge in [-0.3, -0.25) is 0 Å². The molecule has 6 heteroatoms. The molecule has 0 amide bonds. The quantitative estimate of drug-likeness (QED) is 0.789. The molecule has 0 aromatic carbocycles. The van der Waals surface area contributed by atoms with E-state index in [-0.39, 0.29) is 18.3 Å². The van der Waals surface area contributed by atoms with Gasteiger partial charge in [0.1, 0.15) is 24.4 Å². The van der Waals surface area contributed by atoms with Gasteiger partial charge in [0, 0.05) is 25.7 Å². The van der Waals surface area contributed by atoms with Crippen molar-refractivity contribution in [3.8, 4) is 0 Å². The summed E-state index contributed by atoms with van der Waals surface area (Å²) in [5, 5.41) is 10.3. The summed E-state index contributed by atoms with van der Waals surface area (Å²) in [6.45, 7) is 0.511. The zero-order valence-electron chi connectivity index (χ0n) is 14.2. The van der Waals surface area contributed by atoms with Crippen LogP contribution < -0.4 is 0 Å². The van der Waals surface area contributed by atoms with Gasteiger partial charge in [-0.2, -0.15) is 0 Å². The van der Waals surface area contributed by atoms with E-state index in [2.05, 4.69) is 0 Å². The van der Waals surface area contributed by atoms with Gasteiger partial charge in [0.2, 0.25) is 0 Å². The molecule has 5 atom stereocenters. The number of rotatable bonds is 1. The predicted octanol–water partition coefficient (Wildman–Crippen LogP) is 2.22. The van der Waals surface area contributed by atoms with Gasteiger partial charge in [0.25, 0.3) is 0 Å². The average Bonchev–Trinajstić information content (AvgIpc) is 3.24. The lowest BCUT2D eigenvalue weighted by atomic mass is 9.94. The van der Waals surface area contributed by atoms with E-state index >= 15 is 0 Å². The van der Waals surface area contributed by atoms with Gasteiger partial charge in [0.15, 0.2) is 17.9 Å². The first-order valence-corrected chi connectivity index (χ1v) is 9.70. The highest BCUT2D eigenvalue weighted by Crippen LogP contribution is 2.48. The summed E-state index contributed by atoms with van der Waals surface area (Å²) in [6, 6.07) is 0. The normalized spacial score (nSPS) is 46.6. The smallest absolute Gasteiger partial charge is 0.184 e. The van der Waals surface area contributed by atoms with Crippen LogP contribution in [0.2, 0.25) is 0 Å². The molecule has 3 saturated heterocycles. The summed E-state index contributed by atoms with van der Waals surface area (Å²) in [6.07, 6.45) is 8.64. The molecule has 5 fully saturated rings. The highest BCUT2D eigenvalue weighted by atomic mass is 16.8. The van der Waals surface area contributed by atoms with Crippen molar-refractivity contribution in [2.24, 2.45) is 0 Å². The number of hydrogen-bond donors (Lipinski definition) is 1. The molecule has 0 aromatic heterocycles. The fraction of sp³-hybridized carbons (Fsp3) is 1.00. The van der Waals surface area contributed by atoms with Gasteiger partial charge in [-0.1, -0.05) is 12.8 Å². The molecule has 136 valence electrons. The molecule has 3 heterocycles. The van der Waals surface area contributed by atoms with Crippen molar-refractivity contribution in [1.82, 2.24) is 0 Å². The van der Waals surface area contributed by atoms with Crippen LogP contribution in [-0.4, -0.2) is 54.0 Å². The van der Waals surface area contributed by atoms with E-state index in [1.165, 1.54) is 12.8 Å². The fourth-order valence-corrected chi connectivity index (χ4v) is 5.17. The average molecular weight is 340 g/mol. The van der Waals surface area contributed by atoms with Crippen LogP contribution in [0, 0.1) is 0 Å². The van der Waals surface area contributed by atoms with Crippen LogP contribution in [0.4, 0.5) is 0 Å². The van der Waals surface area contributed by atoms with E-state index in [9.17, 15) is 5.11 Å². The van der Waals surface area contributed by atoms with Crippen molar-refractivity contribution in [2.75, 3.05) is 6.61 Å². The maximum atomic E-state index is 10.3. The summed E-state index contributed by atoms with van der Waals surface area (Å²) in [7, 11) is 0. The second-order valence-corrected chi connectivity index (χ2v) is 8.07. The summed E-state index contributed by atoms with van der Waals surface area (Å²) < 4.78 is 30.6. The van der Waals surface area contributed by atoms with Gasteiger partial charge in [-0.05, 0) is 25.7 Å². The van der Waals surface area contributed by atoms with E-state index in [1.54, 1.807) is 0 Å². The lowest BCUT2D eigenvalue weighted by molar-refractivity contribution is -0.260. The molecule has 24 heavy (non-hydrogen) atoms. The van der Waals surface area contributed by atoms with Crippen LogP contribution in [-0.2, 0) is 23.7 Å². The van der Waals surface area contributed by atoms with Crippen molar-refractivity contribution in [3.63, 3.8) is 0 Å². The minimum Gasteiger partial charge on any atom is -0.366 e. The Hall–Kier alpha value is -0.240. The molecule has 0 aromatic rings. The van der Waals surface area contributed by atoms with Gasteiger partial charge >= 0.3 is 0 Å².